The van der Waals surface area contributed by atoms with Crippen molar-refractivity contribution in [1.82, 2.24) is 0 Å². The Balaban J connectivity index is 2.02. The molecular formula is C16H21FN2O. The van der Waals surface area contributed by atoms with Crippen LogP contribution in [0.1, 0.15) is 37.0 Å². The van der Waals surface area contributed by atoms with Crippen LogP contribution < -0.4 is 11.1 Å². The Hall–Kier alpha value is -1.84. The second-order valence-electron chi connectivity index (χ2n) is 5.74. The highest BCUT2D eigenvalue weighted by atomic mass is 19.1. The molecule has 1 aliphatic carbocycles. The van der Waals surface area contributed by atoms with Crippen LogP contribution in [0.5, 0.6) is 0 Å². The lowest BCUT2D eigenvalue weighted by Crippen LogP contribution is -2.21. The van der Waals surface area contributed by atoms with E-state index < -0.39 is 5.91 Å². The van der Waals surface area contributed by atoms with Gasteiger partial charge < -0.3 is 11.1 Å². The Morgan fingerprint density at radius 2 is 2.25 bits per heavy atom. The molecular weight excluding hydrogens is 255 g/mol. The molecule has 20 heavy (non-hydrogen) atoms. The third-order valence-electron chi connectivity index (χ3n) is 3.72. The van der Waals surface area contributed by atoms with Crippen molar-refractivity contribution < 1.29 is 9.18 Å². The number of carbonyl (C=O) groups is 1. The Morgan fingerprint density at radius 1 is 1.50 bits per heavy atom. The first-order valence-corrected chi connectivity index (χ1v) is 6.96. The lowest BCUT2D eigenvalue weighted by Gasteiger charge is -2.26. The lowest BCUT2D eigenvalue weighted by atomic mass is 9.83. The summed E-state index contributed by atoms with van der Waals surface area (Å²) in [6, 6.07) is 4.15. The number of anilines is 1. The van der Waals surface area contributed by atoms with Crippen molar-refractivity contribution in [3.8, 4) is 0 Å². The zero-order valence-corrected chi connectivity index (χ0v) is 11.9. The number of carbonyl (C=O) groups excluding carboxylic acids is 1. The van der Waals surface area contributed by atoms with Crippen molar-refractivity contribution in [2.45, 2.75) is 26.7 Å². The number of primary amides is 1. The summed E-state index contributed by atoms with van der Waals surface area (Å²) in [6.45, 7) is 5.04. The first-order chi connectivity index (χ1) is 9.45. The minimum Gasteiger partial charge on any atom is -0.382 e. The molecule has 1 aromatic rings. The van der Waals surface area contributed by atoms with Gasteiger partial charge in [0.05, 0.1) is 5.69 Å². The minimum absolute atomic E-state index is 0.321. The van der Waals surface area contributed by atoms with E-state index in [4.69, 9.17) is 5.73 Å². The number of halogens is 1. The number of nitrogens with two attached hydrogens (primary N) is 1. The van der Waals surface area contributed by atoms with Gasteiger partial charge in [-0.15, -0.1) is 0 Å². The molecule has 0 bridgehead atoms. The van der Waals surface area contributed by atoms with Gasteiger partial charge in [-0.2, -0.15) is 0 Å². The molecule has 1 aromatic carbocycles. The fraction of sp³-hybridized carbons (Fsp3) is 0.438. The van der Waals surface area contributed by atoms with E-state index in [0.29, 0.717) is 29.6 Å². The van der Waals surface area contributed by atoms with Gasteiger partial charge in [-0.25, -0.2) is 4.39 Å². The van der Waals surface area contributed by atoms with Crippen molar-refractivity contribution in [3.63, 3.8) is 0 Å². The molecule has 2 unspecified atom stereocenters. The topological polar surface area (TPSA) is 55.1 Å². The zero-order chi connectivity index (χ0) is 14.7. The largest absolute Gasteiger partial charge is 0.382 e. The number of amides is 1. The fourth-order valence-electron chi connectivity index (χ4n) is 2.91. The van der Waals surface area contributed by atoms with Gasteiger partial charge in [-0.1, -0.05) is 18.6 Å². The molecule has 4 heteroatoms. The van der Waals surface area contributed by atoms with E-state index in [1.165, 1.54) is 23.8 Å². The second-order valence-corrected chi connectivity index (χ2v) is 5.74. The number of hydrogen-bond acceptors (Lipinski definition) is 2. The summed E-state index contributed by atoms with van der Waals surface area (Å²) in [4.78, 5) is 11.1. The van der Waals surface area contributed by atoms with E-state index in [-0.39, 0.29) is 5.82 Å². The highest BCUT2D eigenvalue weighted by molar-refractivity contribution is 5.93. The summed E-state index contributed by atoms with van der Waals surface area (Å²) in [6.07, 6.45) is 4.43. The van der Waals surface area contributed by atoms with E-state index in [1.807, 2.05) is 0 Å². The fourth-order valence-corrected chi connectivity index (χ4v) is 2.91. The van der Waals surface area contributed by atoms with Crippen molar-refractivity contribution >= 4 is 11.6 Å². The quantitative estimate of drug-likeness (QED) is 0.829. The van der Waals surface area contributed by atoms with E-state index in [9.17, 15) is 9.18 Å². The van der Waals surface area contributed by atoms with E-state index in [0.717, 1.165) is 12.8 Å². The van der Waals surface area contributed by atoms with Gasteiger partial charge in [0.25, 0.3) is 0 Å². The molecule has 3 N–H and O–H groups in total. The summed E-state index contributed by atoms with van der Waals surface area (Å²) in [5.41, 5.74) is 7.27. The smallest absolute Gasteiger partial charge is 0.248 e. The standard InChI is InChI=1S/C16H21FN2O/c1-10-5-11(2)7-12(6-10)9-19-15-8-13(16(18)20)3-4-14(15)17/h3-5,8,10,12,19H,6-7,9H2,1-2H3,(H2,18,20). The third-order valence-corrected chi connectivity index (χ3v) is 3.72. The molecule has 0 spiro atoms. The molecule has 0 heterocycles. The maximum absolute atomic E-state index is 13.7. The summed E-state index contributed by atoms with van der Waals surface area (Å²) in [5, 5.41) is 3.11. The van der Waals surface area contributed by atoms with Gasteiger partial charge in [-0.3, -0.25) is 4.79 Å². The molecule has 0 fully saturated rings. The first-order valence-electron chi connectivity index (χ1n) is 6.96. The van der Waals surface area contributed by atoms with Crippen LogP contribution in [-0.2, 0) is 0 Å². The predicted molar refractivity (Wildman–Crippen MR) is 79.1 cm³/mol. The van der Waals surface area contributed by atoms with Crippen LogP contribution in [0, 0.1) is 17.7 Å². The van der Waals surface area contributed by atoms with Crippen molar-refractivity contribution in [1.29, 1.82) is 0 Å². The monoisotopic (exact) mass is 276 g/mol. The number of hydrogen-bond donors (Lipinski definition) is 2. The SMILES string of the molecule is CC1=CC(C)CC(CNc2cc(C(N)=O)ccc2F)C1. The lowest BCUT2D eigenvalue weighted by molar-refractivity contribution is 0.100. The van der Waals surface area contributed by atoms with Crippen LogP contribution in [0.2, 0.25) is 0 Å². The number of rotatable bonds is 4. The van der Waals surface area contributed by atoms with Gasteiger partial charge in [-0.05, 0) is 49.8 Å². The van der Waals surface area contributed by atoms with Crippen LogP contribution in [0.3, 0.4) is 0 Å². The summed E-state index contributed by atoms with van der Waals surface area (Å²) < 4.78 is 13.7. The van der Waals surface area contributed by atoms with E-state index >= 15 is 0 Å². The Kier molecular flexibility index (Phi) is 4.42. The molecule has 2 rings (SSSR count). The Morgan fingerprint density at radius 3 is 2.90 bits per heavy atom. The van der Waals surface area contributed by atoms with Crippen molar-refractivity contribution in [2.75, 3.05) is 11.9 Å². The van der Waals surface area contributed by atoms with Crippen molar-refractivity contribution in [2.24, 2.45) is 17.6 Å². The molecule has 0 aromatic heterocycles. The van der Waals surface area contributed by atoms with Gasteiger partial charge in [0.1, 0.15) is 5.82 Å². The second kappa shape index (κ2) is 6.07. The van der Waals surface area contributed by atoms with Crippen LogP contribution in [0.4, 0.5) is 10.1 Å². The molecule has 0 aliphatic heterocycles. The van der Waals surface area contributed by atoms with Crippen LogP contribution in [0.25, 0.3) is 0 Å². The minimum atomic E-state index is -0.543. The highest BCUT2D eigenvalue weighted by Gasteiger charge is 2.18. The molecule has 0 saturated carbocycles. The zero-order valence-electron chi connectivity index (χ0n) is 11.9. The average molecular weight is 276 g/mol. The van der Waals surface area contributed by atoms with Gasteiger partial charge in [0.15, 0.2) is 0 Å². The maximum atomic E-state index is 13.7. The van der Waals surface area contributed by atoms with Crippen LogP contribution in [-0.4, -0.2) is 12.5 Å². The maximum Gasteiger partial charge on any atom is 0.248 e. The highest BCUT2D eigenvalue weighted by Crippen LogP contribution is 2.28. The Labute approximate surface area is 119 Å². The Bertz CT molecular complexity index is 539. The summed E-state index contributed by atoms with van der Waals surface area (Å²) >= 11 is 0. The van der Waals surface area contributed by atoms with Crippen LogP contribution >= 0.6 is 0 Å². The number of allylic oxidation sites excluding steroid dienone is 2. The average Bonchev–Trinajstić information content (AvgIpc) is 2.36. The third kappa shape index (κ3) is 3.59. The number of benzene rings is 1. The predicted octanol–water partition coefficient (Wildman–Crippen LogP) is 3.33. The van der Waals surface area contributed by atoms with Crippen LogP contribution in [0.15, 0.2) is 29.8 Å². The molecule has 1 aliphatic rings. The number of nitrogens with one attached hydrogen (secondary N) is 1. The first kappa shape index (κ1) is 14.6. The van der Waals surface area contributed by atoms with Gasteiger partial charge in [0, 0.05) is 12.1 Å². The van der Waals surface area contributed by atoms with Gasteiger partial charge in [0.2, 0.25) is 5.91 Å². The summed E-state index contributed by atoms with van der Waals surface area (Å²) in [7, 11) is 0. The van der Waals surface area contributed by atoms with Crippen molar-refractivity contribution in [3.05, 3.63) is 41.2 Å². The molecule has 2 atom stereocenters. The van der Waals surface area contributed by atoms with E-state index in [2.05, 4.69) is 25.2 Å². The molecule has 1 amide bonds. The van der Waals surface area contributed by atoms with Gasteiger partial charge >= 0.3 is 0 Å². The molecule has 0 saturated heterocycles. The normalized spacial score (nSPS) is 22.2. The summed E-state index contributed by atoms with van der Waals surface area (Å²) in [5.74, 6) is 0.160. The van der Waals surface area contributed by atoms with E-state index in [1.54, 1.807) is 0 Å². The molecule has 3 nitrogen and oxygen atoms in total. The molecule has 108 valence electrons. The molecule has 0 radical (unpaired) electrons.